The van der Waals surface area contributed by atoms with Crippen LogP contribution in [0.1, 0.15) is 46.9 Å². The van der Waals surface area contributed by atoms with Crippen LogP contribution >= 0.6 is 36.2 Å². The molecular weight excluding hydrogens is 415 g/mol. The number of nitrogens with two attached hydrogens (primary N) is 1. The number of hydrogen-bond donors (Lipinski definition) is 2. The molecule has 0 aliphatic carbocycles. The van der Waals surface area contributed by atoms with Gasteiger partial charge in [0.05, 0.1) is 0 Å². The summed E-state index contributed by atoms with van der Waals surface area (Å²) in [4.78, 5) is 19.1. The number of halogens is 2. The first-order valence-corrected chi connectivity index (χ1v) is 10.1. The van der Waals surface area contributed by atoms with E-state index in [-0.39, 0.29) is 30.7 Å². The summed E-state index contributed by atoms with van der Waals surface area (Å²) in [6.07, 6.45) is 1.31. The summed E-state index contributed by atoms with van der Waals surface area (Å²) in [6, 6.07) is 8.37. The van der Waals surface area contributed by atoms with E-state index in [1.54, 1.807) is 5.38 Å². The highest BCUT2D eigenvalue weighted by Gasteiger charge is 2.22. The van der Waals surface area contributed by atoms with Crippen LogP contribution in [-0.4, -0.2) is 28.9 Å². The van der Waals surface area contributed by atoms with Gasteiger partial charge in [0.15, 0.2) is 0 Å². The molecule has 1 aromatic carbocycles. The number of carbonyl (C=O) groups is 1. The van der Waals surface area contributed by atoms with Gasteiger partial charge in [-0.05, 0) is 29.4 Å². The van der Waals surface area contributed by atoms with Gasteiger partial charge < -0.3 is 11.1 Å². The Balaban J connectivity index is 0.00000196. The van der Waals surface area contributed by atoms with Crippen molar-refractivity contribution in [2.24, 2.45) is 17.6 Å². The van der Waals surface area contributed by atoms with E-state index in [0.29, 0.717) is 18.8 Å². The molecule has 2 aromatic rings. The predicted octanol–water partition coefficient (Wildman–Crippen LogP) is 3.85. The Bertz CT molecular complexity index is 745. The number of benzene rings is 1. The van der Waals surface area contributed by atoms with Crippen LogP contribution in [-0.2, 0) is 19.6 Å². The summed E-state index contributed by atoms with van der Waals surface area (Å²) in [7, 11) is 0. The summed E-state index contributed by atoms with van der Waals surface area (Å²) < 4.78 is 0. The molecule has 2 unspecified atom stereocenters. The monoisotopic (exact) mass is 444 g/mol. The van der Waals surface area contributed by atoms with Crippen molar-refractivity contribution in [2.75, 3.05) is 13.1 Å². The van der Waals surface area contributed by atoms with Crippen molar-refractivity contribution >= 4 is 42.1 Å². The second-order valence-electron chi connectivity index (χ2n) is 7.42. The molecule has 28 heavy (non-hydrogen) atoms. The van der Waals surface area contributed by atoms with Gasteiger partial charge in [-0.15, -0.1) is 36.2 Å². The van der Waals surface area contributed by atoms with Gasteiger partial charge in [0.1, 0.15) is 10.7 Å². The molecule has 0 saturated carbocycles. The highest BCUT2D eigenvalue weighted by Crippen LogP contribution is 2.23. The molecule has 1 aromatic heterocycles. The first kappa shape index (κ1) is 24.9. The lowest BCUT2D eigenvalue weighted by molar-refractivity contribution is 0.0946. The van der Waals surface area contributed by atoms with E-state index in [4.69, 9.17) is 5.73 Å². The number of piperidine rings is 1. The number of thiazole rings is 1. The molecule has 1 fully saturated rings. The molecule has 3 N–H and O–H groups in total. The molecule has 2 atom stereocenters. The van der Waals surface area contributed by atoms with Crippen LogP contribution in [0, 0.1) is 11.8 Å². The Labute approximate surface area is 183 Å². The highest BCUT2D eigenvalue weighted by atomic mass is 35.5. The molecule has 1 amide bonds. The van der Waals surface area contributed by atoms with Crippen molar-refractivity contribution in [1.29, 1.82) is 0 Å². The minimum atomic E-state index is -0.143. The van der Waals surface area contributed by atoms with Crippen molar-refractivity contribution in [1.82, 2.24) is 15.2 Å². The number of nitrogens with zero attached hydrogens (tertiary/aromatic N) is 2. The Morgan fingerprint density at radius 3 is 2.46 bits per heavy atom. The zero-order valence-electron chi connectivity index (χ0n) is 16.4. The SMILES string of the molecule is CC1CC(C)CN(Cc2ccccc2CNC(=O)c2csc(CN)n2)C1.Cl.Cl. The van der Waals surface area contributed by atoms with E-state index in [2.05, 4.69) is 47.2 Å². The zero-order chi connectivity index (χ0) is 18.5. The second-order valence-corrected chi connectivity index (χ2v) is 8.36. The van der Waals surface area contributed by atoms with Crippen molar-refractivity contribution in [3.05, 3.63) is 51.5 Å². The number of nitrogens with one attached hydrogen (secondary N) is 1. The van der Waals surface area contributed by atoms with Crippen LogP contribution in [0.15, 0.2) is 29.6 Å². The van der Waals surface area contributed by atoms with Crippen LogP contribution in [0.5, 0.6) is 0 Å². The van der Waals surface area contributed by atoms with E-state index in [1.165, 1.54) is 28.9 Å². The van der Waals surface area contributed by atoms with E-state index in [9.17, 15) is 4.79 Å². The van der Waals surface area contributed by atoms with Gasteiger partial charge in [-0.2, -0.15) is 0 Å². The van der Waals surface area contributed by atoms with Crippen LogP contribution in [0.25, 0.3) is 0 Å². The smallest absolute Gasteiger partial charge is 0.271 e. The lowest BCUT2D eigenvalue weighted by Crippen LogP contribution is -2.38. The minimum absolute atomic E-state index is 0. The van der Waals surface area contributed by atoms with Crippen molar-refractivity contribution in [2.45, 2.75) is 39.9 Å². The van der Waals surface area contributed by atoms with Crippen molar-refractivity contribution in [3.63, 3.8) is 0 Å². The zero-order valence-corrected chi connectivity index (χ0v) is 18.8. The first-order valence-electron chi connectivity index (χ1n) is 9.27. The Kier molecular flexibility index (Phi) is 10.4. The number of carbonyl (C=O) groups excluding carboxylic acids is 1. The number of hydrogen-bond acceptors (Lipinski definition) is 5. The number of likely N-dealkylation sites (tertiary alicyclic amines) is 1. The quantitative estimate of drug-likeness (QED) is 0.709. The maximum Gasteiger partial charge on any atom is 0.271 e. The van der Waals surface area contributed by atoms with Gasteiger partial charge in [-0.25, -0.2) is 4.98 Å². The average Bonchev–Trinajstić information content (AvgIpc) is 3.09. The summed E-state index contributed by atoms with van der Waals surface area (Å²) in [5.74, 6) is 1.34. The van der Waals surface area contributed by atoms with Gasteiger partial charge in [0, 0.05) is 38.1 Å². The van der Waals surface area contributed by atoms with Gasteiger partial charge in [0.2, 0.25) is 0 Å². The van der Waals surface area contributed by atoms with E-state index < -0.39 is 0 Å². The third-order valence-electron chi connectivity index (χ3n) is 4.86. The number of amides is 1. The molecule has 1 saturated heterocycles. The fraction of sp³-hybridized carbons (Fsp3) is 0.500. The Hall–Kier alpha value is -1.18. The molecule has 1 aliphatic rings. The van der Waals surface area contributed by atoms with Gasteiger partial charge >= 0.3 is 0 Å². The topological polar surface area (TPSA) is 71.2 Å². The van der Waals surface area contributed by atoms with Gasteiger partial charge in [-0.1, -0.05) is 38.1 Å². The summed E-state index contributed by atoms with van der Waals surface area (Å²) in [6.45, 7) is 8.78. The molecule has 0 radical (unpaired) electrons. The predicted molar refractivity (Wildman–Crippen MR) is 120 cm³/mol. The normalized spacial score (nSPS) is 19.4. The van der Waals surface area contributed by atoms with E-state index in [0.717, 1.165) is 36.5 Å². The number of aromatic nitrogens is 1. The summed E-state index contributed by atoms with van der Waals surface area (Å²) in [5.41, 5.74) is 8.47. The van der Waals surface area contributed by atoms with E-state index >= 15 is 0 Å². The molecule has 5 nitrogen and oxygen atoms in total. The Morgan fingerprint density at radius 2 is 1.86 bits per heavy atom. The van der Waals surface area contributed by atoms with Gasteiger partial charge in [-0.3, -0.25) is 9.69 Å². The van der Waals surface area contributed by atoms with Crippen LogP contribution < -0.4 is 11.1 Å². The lowest BCUT2D eigenvalue weighted by atomic mass is 9.91. The van der Waals surface area contributed by atoms with Crippen LogP contribution in [0.2, 0.25) is 0 Å². The standard InChI is InChI=1S/C20H28N4OS.2ClH/c1-14-7-15(2)11-24(10-14)12-17-6-4-3-5-16(17)9-22-20(25)18-13-26-19(8-21)23-18;;/h3-6,13-15H,7-12,21H2,1-2H3,(H,22,25);2*1H. The molecule has 0 bridgehead atoms. The van der Waals surface area contributed by atoms with E-state index in [1.807, 2.05) is 6.07 Å². The molecule has 156 valence electrons. The molecule has 2 heterocycles. The van der Waals surface area contributed by atoms with Gasteiger partial charge in [0.25, 0.3) is 5.91 Å². The van der Waals surface area contributed by atoms with Crippen molar-refractivity contribution < 1.29 is 4.79 Å². The lowest BCUT2D eigenvalue weighted by Gasteiger charge is -2.35. The second kappa shape index (κ2) is 11.7. The van der Waals surface area contributed by atoms with Crippen molar-refractivity contribution in [3.8, 4) is 0 Å². The van der Waals surface area contributed by atoms with Crippen LogP contribution in [0.4, 0.5) is 0 Å². The molecule has 0 spiro atoms. The highest BCUT2D eigenvalue weighted by molar-refractivity contribution is 7.09. The number of rotatable bonds is 6. The minimum Gasteiger partial charge on any atom is -0.347 e. The third kappa shape index (κ3) is 6.71. The third-order valence-corrected chi connectivity index (χ3v) is 5.73. The summed E-state index contributed by atoms with van der Waals surface area (Å²) >= 11 is 1.42. The first-order chi connectivity index (χ1) is 12.5. The maximum absolute atomic E-state index is 12.3. The molecular formula is C20H30Cl2N4OS. The maximum atomic E-state index is 12.3. The Morgan fingerprint density at radius 1 is 1.21 bits per heavy atom. The fourth-order valence-electron chi connectivity index (χ4n) is 3.82. The average molecular weight is 445 g/mol. The molecule has 3 rings (SSSR count). The molecule has 8 heteroatoms. The fourth-order valence-corrected chi connectivity index (χ4v) is 4.48. The van der Waals surface area contributed by atoms with Crippen LogP contribution in [0.3, 0.4) is 0 Å². The summed E-state index contributed by atoms with van der Waals surface area (Å²) in [5, 5.41) is 5.54. The molecule has 1 aliphatic heterocycles. The largest absolute Gasteiger partial charge is 0.347 e.